The van der Waals surface area contributed by atoms with E-state index >= 15 is 0 Å². The van der Waals surface area contributed by atoms with Gasteiger partial charge in [0.25, 0.3) is 0 Å². The molecule has 7 heteroatoms. The maximum absolute atomic E-state index is 12.3. The number of fused-ring (bicyclic) bond motifs is 5. The lowest BCUT2D eigenvalue weighted by Crippen LogP contribution is -2.66. The minimum atomic E-state index is -1.38. The van der Waals surface area contributed by atoms with Gasteiger partial charge in [0.2, 0.25) is 0 Å². The molecule has 0 aliphatic heterocycles. The molecule has 5 aliphatic carbocycles. The maximum Gasteiger partial charge on any atom is 0.109 e. The van der Waals surface area contributed by atoms with Crippen molar-refractivity contribution in [1.82, 2.24) is 0 Å². The number of rotatable bonds is 7. The SMILES string of the molecule is CC(C)=CCC[C@](C)(O[C@@H]1C[C@H](CO)[C@@H](O)[C@H](O)[C@H]1O)C1CC[C@]2(C)C1C(O)C[C@@H]1[C@@]3(C)CC[C@H](O)C(C)(C)[C@@H]3CC[C@]12C. The summed E-state index contributed by atoms with van der Waals surface area (Å²) in [5.41, 5.74) is 0.433. The number of hydrogen-bond acceptors (Lipinski definition) is 7. The molecule has 0 amide bonds. The average Bonchev–Trinajstić information content (AvgIpc) is 3.33. The summed E-state index contributed by atoms with van der Waals surface area (Å²) in [6.45, 7) is 18.0. The van der Waals surface area contributed by atoms with Gasteiger partial charge >= 0.3 is 0 Å². The molecule has 0 aromatic heterocycles. The molecule has 5 fully saturated rings. The molecule has 5 aliphatic rings. The molecule has 7 nitrogen and oxygen atoms in total. The van der Waals surface area contributed by atoms with Crippen LogP contribution in [-0.2, 0) is 4.74 Å². The second-order valence-electron chi connectivity index (χ2n) is 17.8. The van der Waals surface area contributed by atoms with Crippen LogP contribution in [0.1, 0.15) is 120 Å². The first-order valence-corrected chi connectivity index (χ1v) is 17.7. The van der Waals surface area contributed by atoms with Crippen molar-refractivity contribution in [3.05, 3.63) is 11.6 Å². The highest BCUT2D eigenvalue weighted by atomic mass is 16.5. The zero-order valence-electron chi connectivity index (χ0n) is 28.8. The lowest BCUT2D eigenvalue weighted by Gasteiger charge is -2.70. The molecule has 0 aromatic carbocycles. The van der Waals surface area contributed by atoms with Gasteiger partial charge in [-0.3, -0.25) is 0 Å². The fraction of sp³-hybridized carbons (Fsp3) is 0.946. The highest BCUT2D eigenvalue weighted by Crippen LogP contribution is 2.76. The summed E-state index contributed by atoms with van der Waals surface area (Å²) in [5, 5.41) is 65.5. The molecule has 5 saturated carbocycles. The standard InChI is InChI=1S/C37H64O7/c1-21(2)10-9-14-37(8,44-25-18-22(20-38)30(41)32(43)31(25)42)23-11-16-36(7)29(23)24(39)19-27-34(5)15-13-28(40)33(3,4)26(34)12-17-35(27,36)6/h10,22-32,38-43H,9,11-20H2,1-8H3/t22-,23?,24?,25-,26+,27-,28+,29?,30-,31+,32+,34+,35-,36-,37+/m1/s1. The Bertz CT molecular complexity index is 1070. The Balaban J connectivity index is 1.49. The predicted molar refractivity (Wildman–Crippen MR) is 172 cm³/mol. The first kappa shape index (κ1) is 34.8. The van der Waals surface area contributed by atoms with E-state index in [-0.39, 0.29) is 52.6 Å². The first-order valence-electron chi connectivity index (χ1n) is 17.7. The van der Waals surface area contributed by atoms with Gasteiger partial charge in [-0.1, -0.05) is 46.3 Å². The molecule has 0 radical (unpaired) electrons. The maximum atomic E-state index is 12.3. The summed E-state index contributed by atoms with van der Waals surface area (Å²) < 4.78 is 6.96. The van der Waals surface area contributed by atoms with Crippen LogP contribution in [0.15, 0.2) is 11.6 Å². The van der Waals surface area contributed by atoms with Crippen molar-refractivity contribution < 1.29 is 35.4 Å². The van der Waals surface area contributed by atoms with Crippen LogP contribution in [0.5, 0.6) is 0 Å². The van der Waals surface area contributed by atoms with Crippen LogP contribution in [0, 0.1) is 51.2 Å². The normalized spacial score (nSPS) is 51.5. The van der Waals surface area contributed by atoms with Crippen LogP contribution in [0.2, 0.25) is 0 Å². The molecule has 3 unspecified atom stereocenters. The topological polar surface area (TPSA) is 131 Å². The van der Waals surface area contributed by atoms with Crippen LogP contribution >= 0.6 is 0 Å². The number of aliphatic hydroxyl groups excluding tert-OH is 6. The van der Waals surface area contributed by atoms with Crippen LogP contribution in [0.25, 0.3) is 0 Å². The highest BCUT2D eigenvalue weighted by Gasteiger charge is 2.71. The lowest BCUT2D eigenvalue weighted by atomic mass is 9.35. The van der Waals surface area contributed by atoms with Crippen molar-refractivity contribution >= 4 is 0 Å². The fourth-order valence-corrected chi connectivity index (χ4v) is 12.3. The summed E-state index contributed by atoms with van der Waals surface area (Å²) >= 11 is 0. The molecular formula is C37H64O7. The van der Waals surface area contributed by atoms with E-state index in [4.69, 9.17) is 4.74 Å². The summed E-state index contributed by atoms with van der Waals surface area (Å²) in [6.07, 6.45) is 5.44. The van der Waals surface area contributed by atoms with Gasteiger partial charge in [-0.25, -0.2) is 0 Å². The quantitative estimate of drug-likeness (QED) is 0.221. The molecule has 5 rings (SSSR count). The number of hydrogen-bond donors (Lipinski definition) is 6. The molecule has 15 atom stereocenters. The van der Waals surface area contributed by atoms with Crippen LogP contribution in [0.4, 0.5) is 0 Å². The Morgan fingerprint density at radius 3 is 2.11 bits per heavy atom. The van der Waals surface area contributed by atoms with Crippen LogP contribution in [0.3, 0.4) is 0 Å². The van der Waals surface area contributed by atoms with E-state index < -0.39 is 42.0 Å². The molecule has 44 heavy (non-hydrogen) atoms. The van der Waals surface area contributed by atoms with Gasteiger partial charge in [0.1, 0.15) is 12.2 Å². The second-order valence-corrected chi connectivity index (χ2v) is 17.8. The van der Waals surface area contributed by atoms with E-state index in [1.165, 1.54) is 5.57 Å². The van der Waals surface area contributed by atoms with E-state index in [0.717, 1.165) is 57.8 Å². The van der Waals surface area contributed by atoms with Gasteiger partial charge in [-0.2, -0.15) is 0 Å². The summed E-state index contributed by atoms with van der Waals surface area (Å²) in [6, 6.07) is 0. The van der Waals surface area contributed by atoms with Gasteiger partial charge in [0.05, 0.1) is 30.0 Å². The number of ether oxygens (including phenoxy) is 1. The van der Waals surface area contributed by atoms with E-state index in [9.17, 15) is 30.6 Å². The Labute approximate surface area is 266 Å². The summed E-state index contributed by atoms with van der Waals surface area (Å²) in [5.74, 6) is 0.324. The third-order valence-electron chi connectivity index (χ3n) is 15.1. The molecule has 254 valence electrons. The molecule has 0 spiro atoms. The van der Waals surface area contributed by atoms with Gasteiger partial charge in [-0.15, -0.1) is 0 Å². The van der Waals surface area contributed by atoms with E-state index in [0.29, 0.717) is 11.8 Å². The molecule has 0 saturated heterocycles. The highest BCUT2D eigenvalue weighted by molar-refractivity contribution is 5.20. The smallest absolute Gasteiger partial charge is 0.109 e. The minimum Gasteiger partial charge on any atom is -0.396 e. The number of allylic oxidation sites excluding steroid dienone is 2. The van der Waals surface area contributed by atoms with Gasteiger partial charge < -0.3 is 35.4 Å². The van der Waals surface area contributed by atoms with Crippen molar-refractivity contribution in [3.63, 3.8) is 0 Å². The van der Waals surface area contributed by atoms with Crippen molar-refractivity contribution in [3.8, 4) is 0 Å². The van der Waals surface area contributed by atoms with Crippen molar-refractivity contribution in [2.45, 2.75) is 162 Å². The molecule has 0 heterocycles. The molecule has 0 bridgehead atoms. The zero-order chi connectivity index (χ0) is 32.6. The predicted octanol–water partition coefficient (Wildman–Crippen LogP) is 4.99. The second kappa shape index (κ2) is 11.9. The molecular weight excluding hydrogens is 556 g/mol. The summed E-state index contributed by atoms with van der Waals surface area (Å²) in [4.78, 5) is 0. The first-order chi connectivity index (χ1) is 20.4. The average molecular weight is 621 g/mol. The van der Waals surface area contributed by atoms with Crippen molar-refractivity contribution in [2.24, 2.45) is 51.2 Å². The van der Waals surface area contributed by atoms with E-state index in [1.54, 1.807) is 0 Å². The largest absolute Gasteiger partial charge is 0.396 e. The fourth-order valence-electron chi connectivity index (χ4n) is 12.3. The Morgan fingerprint density at radius 1 is 0.818 bits per heavy atom. The van der Waals surface area contributed by atoms with E-state index in [2.05, 4.69) is 61.5 Å². The Kier molecular flexibility index (Phi) is 9.37. The monoisotopic (exact) mass is 620 g/mol. The third kappa shape index (κ3) is 5.18. The van der Waals surface area contributed by atoms with E-state index in [1.807, 2.05) is 0 Å². The lowest BCUT2D eigenvalue weighted by molar-refractivity contribution is -0.258. The Morgan fingerprint density at radius 2 is 1.48 bits per heavy atom. The third-order valence-corrected chi connectivity index (χ3v) is 15.1. The summed E-state index contributed by atoms with van der Waals surface area (Å²) in [7, 11) is 0. The van der Waals surface area contributed by atoms with Crippen molar-refractivity contribution in [1.29, 1.82) is 0 Å². The van der Waals surface area contributed by atoms with Gasteiger partial charge in [0.15, 0.2) is 0 Å². The van der Waals surface area contributed by atoms with Gasteiger partial charge in [0, 0.05) is 12.5 Å². The van der Waals surface area contributed by atoms with Crippen molar-refractivity contribution in [2.75, 3.05) is 6.61 Å². The zero-order valence-corrected chi connectivity index (χ0v) is 28.8. The van der Waals surface area contributed by atoms with Crippen LogP contribution < -0.4 is 0 Å². The number of aliphatic hydroxyl groups is 6. The molecule has 0 aromatic rings. The van der Waals surface area contributed by atoms with Crippen LogP contribution in [-0.4, -0.2) is 79.5 Å². The minimum absolute atomic E-state index is 0.0349. The molecule has 6 N–H and O–H groups in total. The van der Waals surface area contributed by atoms with Gasteiger partial charge in [-0.05, 0) is 130 Å². The Hall–Kier alpha value is -0.540.